The van der Waals surface area contributed by atoms with Crippen molar-refractivity contribution in [3.8, 4) is 16.9 Å². The number of carbonyl (C=O) groups is 1. The second-order valence-corrected chi connectivity index (χ2v) is 13.6. The average molecular weight is 668 g/mol. The van der Waals surface area contributed by atoms with E-state index in [1.54, 1.807) is 0 Å². The first kappa shape index (κ1) is 31.4. The first-order chi connectivity index (χ1) is 22.7. The molecule has 1 aliphatic rings. The SMILES string of the molecule is COC(=O)c1c2c3ccc(Cl)c(c3n1C)-c1c(C)nn(C)c1CSCc1cc(n(C)n1)CCc1cc(c3ccccc3c1)OCCC2. The zero-order valence-electron chi connectivity index (χ0n) is 27.4. The van der Waals surface area contributed by atoms with E-state index in [1.165, 1.54) is 18.4 Å². The monoisotopic (exact) mass is 667 g/mol. The minimum Gasteiger partial charge on any atom is -0.493 e. The molecule has 3 aromatic heterocycles. The van der Waals surface area contributed by atoms with E-state index in [2.05, 4.69) is 36.4 Å². The quantitative estimate of drug-likeness (QED) is 0.167. The standard InChI is InChI=1S/C37H38ClN5O3S/c1-22-33-31(43(4)39-22)21-47-20-25-19-26(42(3)40-25)13-12-23-17-24-9-6-7-10-27(24)32(18-23)46-16-8-11-28-29-14-15-30(38)34(33)35(29)41(2)36(28)37(44)45-5/h6-7,9-10,14-15,17-19H,8,11-13,16,20-21H2,1-5H3. The predicted octanol–water partition coefficient (Wildman–Crippen LogP) is 7.76. The first-order valence-corrected chi connectivity index (χ1v) is 17.4. The topological polar surface area (TPSA) is 76.1 Å². The van der Waals surface area contributed by atoms with E-state index >= 15 is 0 Å². The molecule has 6 aromatic rings. The van der Waals surface area contributed by atoms with Crippen LogP contribution in [-0.4, -0.2) is 43.8 Å². The number of esters is 1. The van der Waals surface area contributed by atoms with Gasteiger partial charge in [0.25, 0.3) is 0 Å². The smallest absolute Gasteiger partial charge is 0.354 e. The van der Waals surface area contributed by atoms with Crippen molar-refractivity contribution in [2.75, 3.05) is 13.7 Å². The molecule has 0 saturated heterocycles. The van der Waals surface area contributed by atoms with Crippen LogP contribution in [0.3, 0.4) is 0 Å². The lowest BCUT2D eigenvalue weighted by molar-refractivity contribution is 0.0589. The third-order valence-electron chi connectivity index (χ3n) is 9.28. The van der Waals surface area contributed by atoms with Crippen molar-refractivity contribution in [2.45, 2.75) is 44.1 Å². The number of aryl methyl sites for hydroxylation is 7. The van der Waals surface area contributed by atoms with E-state index in [4.69, 9.17) is 31.3 Å². The Hall–Kier alpha value is -4.21. The molecule has 7 rings (SSSR count). The van der Waals surface area contributed by atoms with E-state index in [9.17, 15) is 4.79 Å². The number of nitrogens with zero attached hydrogens (tertiary/aromatic N) is 5. The number of hydrogen-bond donors (Lipinski definition) is 0. The molecule has 0 unspecified atom stereocenters. The Bertz CT molecular complexity index is 2160. The molecule has 242 valence electrons. The van der Waals surface area contributed by atoms with Gasteiger partial charge in [-0.1, -0.05) is 48.0 Å². The number of fused-ring (bicyclic) bond motifs is 8. The van der Waals surface area contributed by atoms with E-state index in [-0.39, 0.29) is 5.97 Å². The number of rotatable bonds is 1. The Labute approximate surface area is 283 Å². The summed E-state index contributed by atoms with van der Waals surface area (Å²) in [7, 11) is 7.36. The number of methoxy groups -OCH3 is 1. The second-order valence-electron chi connectivity index (χ2n) is 12.2. The summed E-state index contributed by atoms with van der Waals surface area (Å²) in [6.45, 7) is 2.52. The Kier molecular flexibility index (Phi) is 8.53. The van der Waals surface area contributed by atoms with Crippen molar-refractivity contribution >= 4 is 51.0 Å². The third-order valence-corrected chi connectivity index (χ3v) is 10.6. The molecule has 8 bridgehead atoms. The van der Waals surface area contributed by atoms with Gasteiger partial charge in [-0.3, -0.25) is 9.36 Å². The van der Waals surface area contributed by atoms with Crippen molar-refractivity contribution in [3.63, 3.8) is 0 Å². The molecule has 3 aromatic carbocycles. The Morgan fingerprint density at radius 2 is 1.77 bits per heavy atom. The molecule has 0 spiro atoms. The summed E-state index contributed by atoms with van der Waals surface area (Å²) in [5, 5.41) is 13.5. The van der Waals surface area contributed by atoms with Crippen LogP contribution in [0.25, 0.3) is 32.8 Å². The molecule has 0 fully saturated rings. The largest absolute Gasteiger partial charge is 0.493 e. The van der Waals surface area contributed by atoms with Crippen LogP contribution in [0.15, 0.2) is 54.6 Å². The maximum Gasteiger partial charge on any atom is 0.354 e. The van der Waals surface area contributed by atoms with Gasteiger partial charge in [0, 0.05) is 60.2 Å². The van der Waals surface area contributed by atoms with Gasteiger partial charge in [0.1, 0.15) is 11.4 Å². The highest BCUT2D eigenvalue weighted by atomic mass is 35.5. The zero-order chi connectivity index (χ0) is 32.8. The van der Waals surface area contributed by atoms with Crippen LogP contribution in [0, 0.1) is 6.92 Å². The minimum absolute atomic E-state index is 0.372. The third kappa shape index (κ3) is 5.69. The van der Waals surface area contributed by atoms with Crippen LogP contribution in [-0.2, 0) is 56.6 Å². The van der Waals surface area contributed by atoms with Gasteiger partial charge in [0.15, 0.2) is 0 Å². The van der Waals surface area contributed by atoms with Crippen LogP contribution in [0.1, 0.15) is 50.8 Å². The fraction of sp³-hybridized carbons (Fsp3) is 0.324. The fourth-order valence-electron chi connectivity index (χ4n) is 7.08. The number of thioether (sulfide) groups is 1. The zero-order valence-corrected chi connectivity index (χ0v) is 29.0. The summed E-state index contributed by atoms with van der Waals surface area (Å²) in [5.74, 6) is 2.00. The summed E-state index contributed by atoms with van der Waals surface area (Å²) < 4.78 is 17.7. The molecule has 4 heterocycles. The Morgan fingerprint density at radius 3 is 2.60 bits per heavy atom. The molecule has 1 aliphatic heterocycles. The number of benzene rings is 3. The van der Waals surface area contributed by atoms with Crippen molar-refractivity contribution in [1.29, 1.82) is 0 Å². The molecular weight excluding hydrogens is 630 g/mol. The van der Waals surface area contributed by atoms with Crippen LogP contribution in [0.4, 0.5) is 0 Å². The summed E-state index contributed by atoms with van der Waals surface area (Å²) >= 11 is 8.85. The van der Waals surface area contributed by atoms with Gasteiger partial charge in [-0.25, -0.2) is 4.79 Å². The lowest BCUT2D eigenvalue weighted by Crippen LogP contribution is -2.11. The molecule has 10 heteroatoms. The van der Waals surface area contributed by atoms with Crippen molar-refractivity contribution < 1.29 is 14.3 Å². The van der Waals surface area contributed by atoms with Gasteiger partial charge in [-0.2, -0.15) is 10.2 Å². The van der Waals surface area contributed by atoms with Crippen molar-refractivity contribution in [2.24, 2.45) is 21.1 Å². The predicted molar refractivity (Wildman–Crippen MR) is 190 cm³/mol. The second kappa shape index (κ2) is 12.8. The van der Waals surface area contributed by atoms with Gasteiger partial charge in [0.2, 0.25) is 0 Å². The summed E-state index contributed by atoms with van der Waals surface area (Å²) in [6.07, 6.45) is 3.11. The minimum atomic E-state index is -0.372. The maximum absolute atomic E-state index is 13.3. The van der Waals surface area contributed by atoms with Crippen LogP contribution < -0.4 is 4.74 Å². The summed E-state index contributed by atoms with van der Waals surface area (Å²) in [5.41, 5.74) is 9.70. The Balaban J connectivity index is 1.37. The van der Waals surface area contributed by atoms with Crippen molar-refractivity contribution in [1.82, 2.24) is 24.1 Å². The van der Waals surface area contributed by atoms with E-state index < -0.39 is 0 Å². The molecule has 8 nitrogen and oxygen atoms in total. The molecule has 0 N–H and O–H groups in total. The molecule has 0 amide bonds. The van der Waals surface area contributed by atoms with E-state index in [0.29, 0.717) is 30.2 Å². The van der Waals surface area contributed by atoms with Gasteiger partial charge < -0.3 is 14.0 Å². The highest BCUT2D eigenvalue weighted by molar-refractivity contribution is 7.97. The average Bonchev–Trinajstić information content (AvgIpc) is 3.66. The van der Waals surface area contributed by atoms with E-state index in [0.717, 1.165) is 85.5 Å². The number of hydrogen-bond acceptors (Lipinski definition) is 6. The summed E-state index contributed by atoms with van der Waals surface area (Å²) in [4.78, 5) is 13.3. The molecule has 0 aliphatic carbocycles. The normalized spacial score (nSPS) is 14.2. The van der Waals surface area contributed by atoms with Crippen LogP contribution in [0.5, 0.6) is 5.75 Å². The highest BCUT2D eigenvalue weighted by Gasteiger charge is 2.28. The molecule has 0 radical (unpaired) electrons. The van der Waals surface area contributed by atoms with Gasteiger partial charge >= 0.3 is 5.97 Å². The fourth-order valence-corrected chi connectivity index (χ4v) is 8.30. The van der Waals surface area contributed by atoms with Crippen molar-refractivity contribution in [3.05, 3.63) is 99.2 Å². The highest BCUT2D eigenvalue weighted by Crippen LogP contribution is 2.43. The number of halogens is 1. The Morgan fingerprint density at radius 1 is 0.936 bits per heavy atom. The number of ether oxygens (including phenoxy) is 2. The van der Waals surface area contributed by atoms with Gasteiger partial charge in [-0.15, -0.1) is 11.8 Å². The van der Waals surface area contributed by atoms with Crippen LogP contribution in [0.2, 0.25) is 5.02 Å². The number of aromatic nitrogens is 5. The lowest BCUT2D eigenvalue weighted by Gasteiger charge is -2.13. The molecule has 47 heavy (non-hydrogen) atoms. The lowest BCUT2D eigenvalue weighted by atomic mass is 9.98. The first-order valence-electron chi connectivity index (χ1n) is 15.9. The molecule has 0 atom stereocenters. The number of carbonyl (C=O) groups excluding carboxylic acids is 1. The maximum atomic E-state index is 13.3. The van der Waals surface area contributed by atoms with Gasteiger partial charge in [0.05, 0.1) is 41.3 Å². The molecular formula is C37H38ClN5O3S. The van der Waals surface area contributed by atoms with Gasteiger partial charge in [-0.05, 0) is 67.3 Å². The molecule has 0 saturated carbocycles. The summed E-state index contributed by atoms with van der Waals surface area (Å²) in [6, 6.07) is 19.0. The van der Waals surface area contributed by atoms with E-state index in [1.807, 2.05) is 72.0 Å². The van der Waals surface area contributed by atoms with Crippen LogP contribution >= 0.6 is 23.4 Å².